The van der Waals surface area contributed by atoms with Crippen LogP contribution in [0, 0.1) is 11.8 Å². The highest BCUT2D eigenvalue weighted by Crippen LogP contribution is 2.32. The lowest BCUT2D eigenvalue weighted by Gasteiger charge is -2.26. The molecule has 1 aromatic heterocycles. The van der Waals surface area contributed by atoms with Crippen LogP contribution in [-0.2, 0) is 13.1 Å². The maximum Gasteiger partial charge on any atom is 0.144 e. The van der Waals surface area contributed by atoms with Gasteiger partial charge < -0.3 is 14.2 Å². The molecule has 2 aromatic carbocycles. The van der Waals surface area contributed by atoms with Crippen molar-refractivity contribution in [2.75, 3.05) is 39.8 Å². The molecule has 39 heavy (non-hydrogen) atoms. The van der Waals surface area contributed by atoms with Gasteiger partial charge in [-0.15, -0.1) is 0 Å². The first kappa shape index (κ1) is 29.6. The quantitative estimate of drug-likeness (QED) is 0.187. The van der Waals surface area contributed by atoms with Gasteiger partial charge in [0.15, 0.2) is 0 Å². The van der Waals surface area contributed by atoms with Gasteiger partial charge in [-0.3, -0.25) is 4.90 Å². The number of piperidine rings is 1. The van der Waals surface area contributed by atoms with Crippen LogP contribution in [0.2, 0.25) is 0 Å². The molecule has 214 valence electrons. The highest BCUT2D eigenvalue weighted by Gasteiger charge is 2.18. The fraction of sp³-hybridized carbons (Fsp3) is 0.618. The number of fused-ring (bicyclic) bond motifs is 1. The lowest BCUT2D eigenvalue weighted by Crippen LogP contribution is -2.30. The zero-order chi connectivity index (χ0) is 27.6. The standard InChI is InChI=1S/C34H52N4O/c1-27(2)17-23-37(24-18-28(3)4)26-29-15-16-31-32(25-29)38(22-12-11-21-36-19-9-6-10-20-36)34(35-31)30-13-7-8-14-33(30)39-5/h7-8,13-16,25,27-28H,6,9-12,17-24,26H2,1-5H3. The van der Waals surface area contributed by atoms with Crippen LogP contribution in [0.1, 0.15) is 78.2 Å². The summed E-state index contributed by atoms with van der Waals surface area (Å²) in [7, 11) is 1.76. The topological polar surface area (TPSA) is 33.5 Å². The number of likely N-dealkylation sites (tertiary alicyclic amines) is 1. The summed E-state index contributed by atoms with van der Waals surface area (Å²) in [4.78, 5) is 10.5. The molecule has 1 saturated heterocycles. The number of ether oxygens (including phenoxy) is 1. The van der Waals surface area contributed by atoms with Gasteiger partial charge >= 0.3 is 0 Å². The molecule has 5 heteroatoms. The Bertz CT molecular complexity index is 1130. The zero-order valence-corrected chi connectivity index (χ0v) is 25.3. The van der Waals surface area contributed by atoms with Crippen molar-refractivity contribution in [2.24, 2.45) is 11.8 Å². The molecule has 0 aliphatic carbocycles. The number of methoxy groups -OCH3 is 1. The fourth-order valence-corrected chi connectivity index (χ4v) is 5.73. The van der Waals surface area contributed by atoms with Gasteiger partial charge in [-0.05, 0) is 113 Å². The minimum absolute atomic E-state index is 0.726. The predicted octanol–water partition coefficient (Wildman–Crippen LogP) is 7.87. The SMILES string of the molecule is COc1ccccc1-c1nc2ccc(CN(CCC(C)C)CCC(C)C)cc2n1CCCCN1CCCCC1. The molecule has 0 N–H and O–H groups in total. The van der Waals surface area contributed by atoms with E-state index in [0.717, 1.165) is 67.1 Å². The Morgan fingerprint density at radius 1 is 0.872 bits per heavy atom. The number of aromatic nitrogens is 2. The molecule has 3 aromatic rings. The molecule has 0 saturated carbocycles. The van der Waals surface area contributed by atoms with Crippen molar-refractivity contribution in [1.29, 1.82) is 0 Å². The third-order valence-electron chi connectivity index (χ3n) is 8.17. The van der Waals surface area contributed by atoms with Crippen molar-refractivity contribution < 1.29 is 4.74 Å². The predicted molar refractivity (Wildman–Crippen MR) is 165 cm³/mol. The first-order valence-electron chi connectivity index (χ1n) is 15.5. The van der Waals surface area contributed by atoms with Gasteiger partial charge in [0, 0.05) is 13.1 Å². The van der Waals surface area contributed by atoms with Gasteiger partial charge in [0.1, 0.15) is 11.6 Å². The van der Waals surface area contributed by atoms with Crippen LogP contribution in [0.25, 0.3) is 22.4 Å². The van der Waals surface area contributed by atoms with Crippen LogP contribution < -0.4 is 4.74 Å². The number of rotatable bonds is 15. The Morgan fingerprint density at radius 3 is 2.26 bits per heavy atom. The van der Waals surface area contributed by atoms with Gasteiger partial charge in [-0.1, -0.05) is 52.3 Å². The van der Waals surface area contributed by atoms with E-state index in [1.165, 1.54) is 69.2 Å². The molecular weight excluding hydrogens is 480 g/mol. The van der Waals surface area contributed by atoms with Crippen molar-refractivity contribution in [2.45, 2.75) is 85.7 Å². The van der Waals surface area contributed by atoms with Crippen molar-refractivity contribution in [1.82, 2.24) is 19.4 Å². The monoisotopic (exact) mass is 532 g/mol. The molecule has 0 bridgehead atoms. The van der Waals surface area contributed by atoms with E-state index in [1.807, 2.05) is 12.1 Å². The van der Waals surface area contributed by atoms with Gasteiger partial charge in [-0.25, -0.2) is 4.98 Å². The lowest BCUT2D eigenvalue weighted by atomic mass is 10.1. The highest BCUT2D eigenvalue weighted by molar-refractivity contribution is 5.82. The number of imidazole rings is 1. The number of aryl methyl sites for hydroxylation is 1. The third-order valence-corrected chi connectivity index (χ3v) is 8.17. The number of benzene rings is 2. The normalized spacial score (nSPS) is 14.8. The lowest BCUT2D eigenvalue weighted by molar-refractivity contribution is 0.224. The summed E-state index contributed by atoms with van der Waals surface area (Å²) in [5, 5.41) is 0. The van der Waals surface area contributed by atoms with E-state index in [4.69, 9.17) is 9.72 Å². The minimum Gasteiger partial charge on any atom is -0.496 e. The van der Waals surface area contributed by atoms with E-state index in [9.17, 15) is 0 Å². The first-order valence-corrected chi connectivity index (χ1v) is 15.5. The summed E-state index contributed by atoms with van der Waals surface area (Å²) in [6.45, 7) is 17.4. The van der Waals surface area contributed by atoms with Crippen LogP contribution in [0.4, 0.5) is 0 Å². The highest BCUT2D eigenvalue weighted by atomic mass is 16.5. The van der Waals surface area contributed by atoms with Crippen LogP contribution in [0.5, 0.6) is 5.75 Å². The summed E-state index contributed by atoms with van der Waals surface area (Å²) in [5.41, 5.74) is 4.78. The zero-order valence-electron chi connectivity index (χ0n) is 25.3. The number of para-hydroxylation sites is 1. The summed E-state index contributed by atoms with van der Waals surface area (Å²) < 4.78 is 8.22. The van der Waals surface area contributed by atoms with Crippen LogP contribution >= 0.6 is 0 Å². The van der Waals surface area contributed by atoms with Gasteiger partial charge in [-0.2, -0.15) is 0 Å². The average molecular weight is 533 g/mol. The van der Waals surface area contributed by atoms with Crippen molar-refractivity contribution in [3.63, 3.8) is 0 Å². The second kappa shape index (κ2) is 14.9. The molecule has 1 aliphatic rings. The number of nitrogens with zero attached hydrogens (tertiary/aromatic N) is 4. The Hall–Kier alpha value is -2.37. The minimum atomic E-state index is 0.726. The fourth-order valence-electron chi connectivity index (χ4n) is 5.73. The Kier molecular flexibility index (Phi) is 11.3. The second-order valence-electron chi connectivity index (χ2n) is 12.4. The Labute approximate surface area is 237 Å². The molecule has 0 amide bonds. The molecule has 0 radical (unpaired) electrons. The van der Waals surface area contributed by atoms with E-state index in [0.29, 0.717) is 0 Å². The molecule has 2 heterocycles. The molecule has 0 atom stereocenters. The second-order valence-corrected chi connectivity index (χ2v) is 12.4. The molecular formula is C34H52N4O. The van der Waals surface area contributed by atoms with Crippen LogP contribution in [-0.4, -0.2) is 59.2 Å². The first-order chi connectivity index (χ1) is 18.9. The van der Waals surface area contributed by atoms with Crippen LogP contribution in [0.3, 0.4) is 0 Å². The number of hydrogen-bond donors (Lipinski definition) is 0. The largest absolute Gasteiger partial charge is 0.496 e. The summed E-state index contributed by atoms with van der Waals surface area (Å²) in [6.07, 6.45) is 8.98. The van der Waals surface area contributed by atoms with Crippen molar-refractivity contribution in [3.05, 3.63) is 48.0 Å². The van der Waals surface area contributed by atoms with Crippen molar-refractivity contribution in [3.8, 4) is 17.1 Å². The number of unbranched alkanes of at least 4 members (excludes halogenated alkanes) is 1. The molecule has 1 fully saturated rings. The van der Waals surface area contributed by atoms with E-state index in [2.05, 4.69) is 72.4 Å². The average Bonchev–Trinajstić information content (AvgIpc) is 3.30. The van der Waals surface area contributed by atoms with E-state index in [1.54, 1.807) is 7.11 Å². The molecule has 0 unspecified atom stereocenters. The van der Waals surface area contributed by atoms with Gasteiger partial charge in [0.2, 0.25) is 0 Å². The van der Waals surface area contributed by atoms with Crippen LogP contribution in [0.15, 0.2) is 42.5 Å². The van der Waals surface area contributed by atoms with E-state index >= 15 is 0 Å². The summed E-state index contributed by atoms with van der Waals surface area (Å²) in [6, 6.07) is 15.2. The maximum absolute atomic E-state index is 5.76. The molecule has 1 aliphatic heterocycles. The summed E-state index contributed by atoms with van der Waals surface area (Å²) in [5.74, 6) is 3.36. The summed E-state index contributed by atoms with van der Waals surface area (Å²) >= 11 is 0. The number of hydrogen-bond acceptors (Lipinski definition) is 4. The smallest absolute Gasteiger partial charge is 0.144 e. The van der Waals surface area contributed by atoms with Gasteiger partial charge in [0.05, 0.1) is 23.7 Å². The maximum atomic E-state index is 5.76. The van der Waals surface area contributed by atoms with E-state index in [-0.39, 0.29) is 0 Å². The van der Waals surface area contributed by atoms with Gasteiger partial charge in [0.25, 0.3) is 0 Å². The molecule has 0 spiro atoms. The van der Waals surface area contributed by atoms with Crippen molar-refractivity contribution >= 4 is 11.0 Å². The molecule has 5 nitrogen and oxygen atoms in total. The Morgan fingerprint density at radius 2 is 1.56 bits per heavy atom. The third kappa shape index (κ3) is 8.56. The Balaban J connectivity index is 1.59. The van der Waals surface area contributed by atoms with E-state index < -0.39 is 0 Å². The molecule has 4 rings (SSSR count).